The summed E-state index contributed by atoms with van der Waals surface area (Å²) in [5, 5.41) is 4.76. The van der Waals surface area contributed by atoms with Crippen molar-refractivity contribution >= 4 is 32.6 Å². The first-order valence-electron chi connectivity index (χ1n) is 13.7. The molecule has 0 aliphatic carbocycles. The third kappa shape index (κ3) is 3.97. The van der Waals surface area contributed by atoms with Gasteiger partial charge < -0.3 is 0 Å². The summed E-state index contributed by atoms with van der Waals surface area (Å²) in [7, 11) is 0. The van der Waals surface area contributed by atoms with Gasteiger partial charge in [0, 0.05) is 28.7 Å². The quantitative estimate of drug-likeness (QED) is 0.231. The van der Waals surface area contributed by atoms with Crippen molar-refractivity contribution in [1.82, 2.24) is 19.5 Å². The van der Waals surface area contributed by atoms with Gasteiger partial charge in [0.05, 0.1) is 28.1 Å². The van der Waals surface area contributed by atoms with Crippen LogP contribution in [0.15, 0.2) is 146 Å². The Labute approximate surface area is 237 Å². The summed E-state index contributed by atoms with van der Waals surface area (Å²) < 4.78 is 2.20. The topological polar surface area (TPSA) is 43.6 Å². The molecule has 4 heterocycles. The zero-order chi connectivity index (χ0) is 27.2. The predicted octanol–water partition coefficient (Wildman–Crippen LogP) is 9.12. The molecule has 0 unspecified atom stereocenters. The van der Waals surface area contributed by atoms with Crippen molar-refractivity contribution in [2.45, 2.75) is 0 Å². The van der Waals surface area contributed by atoms with Gasteiger partial charge in [-0.2, -0.15) is 0 Å². The Hall–Kier alpha value is -5.61. The Bertz CT molecular complexity index is 2170. The third-order valence-corrected chi connectivity index (χ3v) is 7.71. The average molecular weight is 525 g/mol. The van der Waals surface area contributed by atoms with Gasteiger partial charge in [-0.1, -0.05) is 91.0 Å². The molecular formula is C37H24N4. The van der Waals surface area contributed by atoms with Crippen LogP contribution in [0, 0.1) is 0 Å². The fraction of sp³-hybridized carbons (Fsp3) is 0. The molecule has 0 amide bonds. The summed E-state index contributed by atoms with van der Waals surface area (Å²) in [4.78, 5) is 14.5. The number of aromatic nitrogens is 4. The lowest BCUT2D eigenvalue weighted by Crippen LogP contribution is -1.99. The number of fused-ring (bicyclic) bond motifs is 4. The molecule has 0 fully saturated rings. The minimum Gasteiger partial charge on any atom is -0.294 e. The van der Waals surface area contributed by atoms with Crippen LogP contribution in [-0.2, 0) is 0 Å². The highest BCUT2D eigenvalue weighted by Gasteiger charge is 2.14. The van der Waals surface area contributed by atoms with Gasteiger partial charge in [-0.05, 0) is 64.4 Å². The molecule has 0 bridgehead atoms. The van der Waals surface area contributed by atoms with Crippen LogP contribution in [0.25, 0.3) is 72.2 Å². The summed E-state index contributed by atoms with van der Waals surface area (Å²) in [6.07, 6.45) is 3.76. The van der Waals surface area contributed by atoms with E-state index in [-0.39, 0.29) is 0 Å². The van der Waals surface area contributed by atoms with E-state index in [1.807, 2.05) is 36.7 Å². The second kappa shape index (κ2) is 9.54. The van der Waals surface area contributed by atoms with E-state index in [0.717, 1.165) is 50.3 Å². The molecule has 4 aromatic heterocycles. The maximum atomic E-state index is 5.10. The molecule has 0 radical (unpaired) electrons. The van der Waals surface area contributed by atoms with Crippen molar-refractivity contribution in [2.24, 2.45) is 0 Å². The fourth-order valence-electron chi connectivity index (χ4n) is 5.81. The van der Waals surface area contributed by atoms with Crippen LogP contribution in [0.1, 0.15) is 0 Å². The summed E-state index contributed by atoms with van der Waals surface area (Å²) in [5.74, 6) is 0.852. The number of rotatable bonds is 4. The van der Waals surface area contributed by atoms with Crippen molar-refractivity contribution < 1.29 is 0 Å². The second-order valence-electron chi connectivity index (χ2n) is 10.1. The van der Waals surface area contributed by atoms with E-state index in [2.05, 4.69) is 119 Å². The molecule has 4 heteroatoms. The van der Waals surface area contributed by atoms with Crippen molar-refractivity contribution in [1.29, 1.82) is 0 Å². The standard InChI is InChI=1S/C37H24N4/c1-2-13-28-25(9-1)10-6-15-29(28)26-11-5-12-27(23-26)32-16-7-17-33(39-32)34-18-8-20-37(40-34)41-35-19-4-3-14-30(35)31-24-38-22-21-36(31)41/h1-24H. The van der Waals surface area contributed by atoms with Gasteiger partial charge in [0.1, 0.15) is 5.82 Å². The molecule has 0 saturated heterocycles. The molecule has 4 aromatic carbocycles. The lowest BCUT2D eigenvalue weighted by molar-refractivity contribution is 1.08. The van der Waals surface area contributed by atoms with E-state index in [1.54, 1.807) is 0 Å². The van der Waals surface area contributed by atoms with Crippen molar-refractivity contribution in [2.75, 3.05) is 0 Å². The highest BCUT2D eigenvalue weighted by molar-refractivity contribution is 6.08. The van der Waals surface area contributed by atoms with Crippen molar-refractivity contribution in [3.05, 3.63) is 146 Å². The molecule has 0 N–H and O–H groups in total. The Morgan fingerprint density at radius 1 is 0.463 bits per heavy atom. The first-order valence-corrected chi connectivity index (χ1v) is 13.7. The minimum atomic E-state index is 0.828. The van der Waals surface area contributed by atoms with Gasteiger partial charge in [0.2, 0.25) is 0 Å². The maximum absolute atomic E-state index is 5.10. The van der Waals surface area contributed by atoms with Crippen LogP contribution in [-0.4, -0.2) is 19.5 Å². The second-order valence-corrected chi connectivity index (χ2v) is 10.1. The highest BCUT2D eigenvalue weighted by Crippen LogP contribution is 2.33. The van der Waals surface area contributed by atoms with Crippen LogP contribution < -0.4 is 0 Å². The smallest absolute Gasteiger partial charge is 0.138 e. The van der Waals surface area contributed by atoms with Crippen LogP contribution in [0.2, 0.25) is 0 Å². The molecule has 192 valence electrons. The molecule has 4 nitrogen and oxygen atoms in total. The molecular weight excluding hydrogens is 500 g/mol. The lowest BCUT2D eigenvalue weighted by atomic mass is 9.96. The van der Waals surface area contributed by atoms with Crippen LogP contribution in [0.3, 0.4) is 0 Å². The zero-order valence-corrected chi connectivity index (χ0v) is 22.1. The summed E-state index contributed by atoms with van der Waals surface area (Å²) in [6.45, 7) is 0. The minimum absolute atomic E-state index is 0.828. The van der Waals surface area contributed by atoms with Gasteiger partial charge in [-0.25, -0.2) is 9.97 Å². The number of para-hydroxylation sites is 1. The molecule has 8 aromatic rings. The normalized spacial score (nSPS) is 11.4. The van der Waals surface area contributed by atoms with E-state index in [1.165, 1.54) is 21.9 Å². The molecule has 0 saturated carbocycles. The molecule has 0 spiro atoms. The number of pyridine rings is 3. The SMILES string of the molecule is c1cc(-c2cccc(-c3cccc(-n4c5ccccc5c5cnccc54)n3)n2)cc(-c2cccc3ccccc23)c1. The number of nitrogens with zero attached hydrogens (tertiary/aromatic N) is 4. The first-order chi connectivity index (χ1) is 20.3. The predicted molar refractivity (Wildman–Crippen MR) is 168 cm³/mol. The summed E-state index contributed by atoms with van der Waals surface area (Å²) in [5.41, 5.74) is 8.23. The van der Waals surface area contributed by atoms with Crippen molar-refractivity contribution in [3.63, 3.8) is 0 Å². The Balaban J connectivity index is 1.21. The van der Waals surface area contributed by atoms with Crippen LogP contribution in [0.4, 0.5) is 0 Å². The largest absolute Gasteiger partial charge is 0.294 e. The zero-order valence-electron chi connectivity index (χ0n) is 22.1. The number of hydrogen-bond acceptors (Lipinski definition) is 3. The van der Waals surface area contributed by atoms with Gasteiger partial charge in [-0.15, -0.1) is 0 Å². The van der Waals surface area contributed by atoms with E-state index in [0.29, 0.717) is 0 Å². The maximum Gasteiger partial charge on any atom is 0.138 e. The summed E-state index contributed by atoms with van der Waals surface area (Å²) in [6, 6.07) is 46.3. The third-order valence-electron chi connectivity index (χ3n) is 7.71. The fourth-order valence-corrected chi connectivity index (χ4v) is 5.81. The van der Waals surface area contributed by atoms with E-state index >= 15 is 0 Å². The van der Waals surface area contributed by atoms with Gasteiger partial charge >= 0.3 is 0 Å². The van der Waals surface area contributed by atoms with Gasteiger partial charge in [0.15, 0.2) is 0 Å². The number of benzene rings is 4. The van der Waals surface area contributed by atoms with Gasteiger partial charge in [0.25, 0.3) is 0 Å². The van der Waals surface area contributed by atoms with E-state index in [4.69, 9.17) is 9.97 Å². The average Bonchev–Trinajstić information content (AvgIpc) is 3.39. The Kier molecular flexibility index (Phi) is 5.42. The van der Waals surface area contributed by atoms with Crippen molar-refractivity contribution in [3.8, 4) is 39.6 Å². The summed E-state index contributed by atoms with van der Waals surface area (Å²) >= 11 is 0. The van der Waals surface area contributed by atoms with E-state index in [9.17, 15) is 0 Å². The number of hydrogen-bond donors (Lipinski definition) is 0. The lowest BCUT2D eigenvalue weighted by Gasteiger charge is -2.11. The van der Waals surface area contributed by atoms with Gasteiger partial charge in [-0.3, -0.25) is 9.55 Å². The molecule has 0 atom stereocenters. The molecule has 41 heavy (non-hydrogen) atoms. The molecule has 8 rings (SSSR count). The Morgan fingerprint density at radius 2 is 1.15 bits per heavy atom. The molecule has 0 aliphatic rings. The van der Waals surface area contributed by atoms with Crippen LogP contribution >= 0.6 is 0 Å². The molecule has 0 aliphatic heterocycles. The Morgan fingerprint density at radius 3 is 2.10 bits per heavy atom. The highest BCUT2D eigenvalue weighted by atomic mass is 15.1. The van der Waals surface area contributed by atoms with E-state index < -0.39 is 0 Å². The van der Waals surface area contributed by atoms with Crippen LogP contribution in [0.5, 0.6) is 0 Å². The first kappa shape index (κ1) is 23.3. The monoisotopic (exact) mass is 524 g/mol.